The van der Waals surface area contributed by atoms with E-state index in [0.29, 0.717) is 19.6 Å². The van der Waals surface area contributed by atoms with Gasteiger partial charge < -0.3 is 18.9 Å². The van der Waals surface area contributed by atoms with Crippen LogP contribution in [0.25, 0.3) is 0 Å². The summed E-state index contributed by atoms with van der Waals surface area (Å²) in [5, 5.41) is 0. The summed E-state index contributed by atoms with van der Waals surface area (Å²) in [5.74, 6) is 3.48. The molecular weight excluding hydrogens is 614 g/mol. The summed E-state index contributed by atoms with van der Waals surface area (Å²) in [7, 11) is 6.87. The predicted octanol–water partition coefficient (Wildman–Crippen LogP) is 7.70. The van der Waals surface area contributed by atoms with Crippen LogP contribution >= 0.6 is 0 Å². The second kappa shape index (κ2) is 18.0. The van der Waals surface area contributed by atoms with Crippen molar-refractivity contribution in [1.29, 1.82) is 0 Å². The number of pyridine rings is 3. The maximum Gasteiger partial charge on any atom is 0.128 e. The van der Waals surface area contributed by atoms with Gasteiger partial charge in [-0.05, 0) is 73.5 Å². The Morgan fingerprint density at radius 1 is 0.633 bits per heavy atom. The highest BCUT2D eigenvalue weighted by molar-refractivity contribution is 5.43. The Morgan fingerprint density at radius 2 is 1.00 bits per heavy atom. The van der Waals surface area contributed by atoms with E-state index >= 15 is 0 Å². The van der Waals surface area contributed by atoms with Gasteiger partial charge in [-0.15, -0.1) is 0 Å². The smallest absolute Gasteiger partial charge is 0.128 e. The fraction of sp³-hybridized carbons (Fsp3) is 0.475. The van der Waals surface area contributed by atoms with E-state index in [4.69, 9.17) is 33.9 Å². The molecule has 266 valence electrons. The van der Waals surface area contributed by atoms with Gasteiger partial charge in [0, 0.05) is 91.2 Å². The Morgan fingerprint density at radius 3 is 1.35 bits per heavy atom. The molecule has 0 bridgehead atoms. The number of nitrogens with zero attached hydrogens (tertiary/aromatic N) is 5. The molecule has 3 aromatic rings. The van der Waals surface area contributed by atoms with Gasteiger partial charge in [-0.2, -0.15) is 0 Å². The van der Waals surface area contributed by atoms with Crippen molar-refractivity contribution >= 4 is 0 Å². The molecule has 0 fully saturated rings. The summed E-state index contributed by atoms with van der Waals surface area (Å²) in [5.41, 5.74) is 12.5. The van der Waals surface area contributed by atoms with E-state index < -0.39 is 0 Å². The van der Waals surface area contributed by atoms with Gasteiger partial charge in [0.15, 0.2) is 0 Å². The topological polar surface area (TPSA) is 82.1 Å². The number of allylic oxidation sites excluding steroid dienone is 3. The van der Waals surface area contributed by atoms with Gasteiger partial charge in [0.05, 0.1) is 45.5 Å². The third-order valence-electron chi connectivity index (χ3n) is 9.41. The van der Waals surface area contributed by atoms with Gasteiger partial charge >= 0.3 is 0 Å². The molecule has 0 aliphatic carbocycles. The summed E-state index contributed by atoms with van der Waals surface area (Å²) < 4.78 is 23.1. The first-order chi connectivity index (χ1) is 23.3. The van der Waals surface area contributed by atoms with Crippen LogP contribution in [0.3, 0.4) is 0 Å². The van der Waals surface area contributed by atoms with E-state index in [2.05, 4.69) is 51.0 Å². The molecule has 0 unspecified atom stereocenters. The van der Waals surface area contributed by atoms with Crippen molar-refractivity contribution in [3.8, 4) is 17.2 Å². The highest BCUT2D eigenvalue weighted by Crippen LogP contribution is 2.29. The zero-order valence-corrected chi connectivity index (χ0v) is 32.1. The van der Waals surface area contributed by atoms with Gasteiger partial charge in [-0.25, -0.2) is 0 Å². The van der Waals surface area contributed by atoms with E-state index in [1.165, 1.54) is 5.57 Å². The fourth-order valence-electron chi connectivity index (χ4n) is 6.39. The highest BCUT2D eigenvalue weighted by atomic mass is 16.5. The lowest BCUT2D eigenvalue weighted by Crippen LogP contribution is -2.36. The molecule has 0 aliphatic heterocycles. The molecule has 9 nitrogen and oxygen atoms in total. The van der Waals surface area contributed by atoms with Crippen LogP contribution in [0.5, 0.6) is 17.2 Å². The van der Waals surface area contributed by atoms with Crippen molar-refractivity contribution in [2.45, 2.75) is 81.9 Å². The number of hydrogen-bond donors (Lipinski definition) is 0. The molecule has 3 heterocycles. The Labute approximate surface area is 294 Å². The molecule has 0 spiro atoms. The Balaban J connectivity index is 2.06. The van der Waals surface area contributed by atoms with Crippen LogP contribution in [-0.4, -0.2) is 72.8 Å². The molecule has 3 rings (SSSR count). The SMILES string of the molecule is C=C/C(C)=C(OC)\C(C)=C(/C)CN(CCN(Cc1ncc(C)c(OC)c1C)Cc1ncc(C)c(OC)c1C)Cc1ncc(C)c(OC)c1C. The summed E-state index contributed by atoms with van der Waals surface area (Å²) in [6.07, 6.45) is 7.53. The summed E-state index contributed by atoms with van der Waals surface area (Å²) in [6, 6.07) is 0. The van der Waals surface area contributed by atoms with Crippen molar-refractivity contribution in [3.63, 3.8) is 0 Å². The molecule has 9 heteroatoms. The number of aryl methyl sites for hydroxylation is 3. The van der Waals surface area contributed by atoms with Gasteiger partial charge in [0.2, 0.25) is 0 Å². The minimum Gasteiger partial charge on any atom is -0.496 e. The van der Waals surface area contributed by atoms with Crippen LogP contribution in [0.2, 0.25) is 0 Å². The van der Waals surface area contributed by atoms with Crippen LogP contribution in [-0.2, 0) is 24.4 Å². The van der Waals surface area contributed by atoms with E-state index in [0.717, 1.165) is 104 Å². The number of hydrogen-bond acceptors (Lipinski definition) is 9. The molecule has 0 atom stereocenters. The first-order valence-electron chi connectivity index (χ1n) is 16.8. The molecule has 0 saturated heterocycles. The molecule has 3 aromatic heterocycles. The average Bonchev–Trinajstić information content (AvgIpc) is 3.07. The summed E-state index contributed by atoms with van der Waals surface area (Å²) in [6.45, 7) is 26.8. The Hall–Kier alpha value is -4.21. The maximum absolute atomic E-state index is 5.82. The lowest BCUT2D eigenvalue weighted by Gasteiger charge is -2.30. The van der Waals surface area contributed by atoms with Crippen molar-refractivity contribution < 1.29 is 18.9 Å². The monoisotopic (exact) mass is 671 g/mol. The third kappa shape index (κ3) is 9.49. The number of rotatable bonds is 17. The van der Waals surface area contributed by atoms with E-state index in [9.17, 15) is 0 Å². The number of aromatic nitrogens is 3. The van der Waals surface area contributed by atoms with Crippen molar-refractivity contribution in [3.05, 3.63) is 104 Å². The molecule has 0 saturated carbocycles. The second-order valence-electron chi connectivity index (χ2n) is 12.9. The first-order valence-corrected chi connectivity index (χ1v) is 16.8. The third-order valence-corrected chi connectivity index (χ3v) is 9.41. The molecule has 49 heavy (non-hydrogen) atoms. The molecular formula is C40H57N5O4. The minimum atomic E-state index is 0.631. The van der Waals surface area contributed by atoms with E-state index in [1.54, 1.807) is 28.4 Å². The van der Waals surface area contributed by atoms with Crippen LogP contribution in [0.4, 0.5) is 0 Å². The molecule has 0 aliphatic rings. The Bertz CT molecular complexity index is 1630. The fourth-order valence-corrected chi connectivity index (χ4v) is 6.39. The normalized spacial score (nSPS) is 12.6. The van der Waals surface area contributed by atoms with Crippen molar-refractivity contribution in [2.75, 3.05) is 48.1 Å². The quantitative estimate of drug-likeness (QED) is 0.106. The maximum atomic E-state index is 5.82. The van der Waals surface area contributed by atoms with Gasteiger partial charge in [0.25, 0.3) is 0 Å². The highest BCUT2D eigenvalue weighted by Gasteiger charge is 2.21. The van der Waals surface area contributed by atoms with Crippen LogP contribution < -0.4 is 14.2 Å². The van der Waals surface area contributed by atoms with Gasteiger partial charge in [-0.1, -0.05) is 18.2 Å². The van der Waals surface area contributed by atoms with Gasteiger partial charge in [-0.3, -0.25) is 24.8 Å². The Kier molecular flexibility index (Phi) is 14.4. The van der Waals surface area contributed by atoms with Crippen molar-refractivity contribution in [2.24, 2.45) is 0 Å². The molecule has 0 amide bonds. The number of methoxy groups -OCH3 is 4. The summed E-state index contributed by atoms with van der Waals surface area (Å²) in [4.78, 5) is 19.4. The van der Waals surface area contributed by atoms with E-state index in [1.807, 2.05) is 52.4 Å². The molecule has 0 radical (unpaired) electrons. The van der Waals surface area contributed by atoms with Gasteiger partial charge in [0.1, 0.15) is 23.0 Å². The zero-order valence-electron chi connectivity index (χ0n) is 32.1. The van der Waals surface area contributed by atoms with Crippen LogP contribution in [0.1, 0.15) is 71.2 Å². The lowest BCUT2D eigenvalue weighted by atomic mass is 10.0. The second-order valence-corrected chi connectivity index (χ2v) is 12.9. The summed E-state index contributed by atoms with van der Waals surface area (Å²) >= 11 is 0. The average molecular weight is 672 g/mol. The van der Waals surface area contributed by atoms with Crippen molar-refractivity contribution in [1.82, 2.24) is 24.8 Å². The standard InChI is InChI=1S/C40H57N5O4/c1-15-25(2)37(46-11)30(7)29(6)21-44(22-34-31(8)38(47-12)26(3)18-41-34)16-17-45(23-35-32(9)39(48-13)27(4)19-42-35)24-36-33(10)40(49-14)28(5)20-43-36/h15,18-20H,1,16-17,21-24H2,2-14H3/b30-29+,37-25+. The van der Waals surface area contributed by atoms with E-state index in [-0.39, 0.29) is 0 Å². The zero-order chi connectivity index (χ0) is 36.4. The lowest BCUT2D eigenvalue weighted by molar-refractivity contribution is 0.190. The minimum absolute atomic E-state index is 0.631. The predicted molar refractivity (Wildman–Crippen MR) is 198 cm³/mol. The molecule has 0 aromatic carbocycles. The van der Waals surface area contributed by atoms with Crippen LogP contribution in [0, 0.1) is 41.5 Å². The number of ether oxygens (including phenoxy) is 4. The largest absolute Gasteiger partial charge is 0.496 e. The van der Waals surface area contributed by atoms with Crippen LogP contribution in [0.15, 0.2) is 53.7 Å². The molecule has 0 N–H and O–H groups in total. The first kappa shape index (κ1) is 39.2.